The maximum atomic E-state index is 13.2. The van der Waals surface area contributed by atoms with Crippen LogP contribution in [0.2, 0.25) is 0 Å². The Labute approximate surface area is 111 Å². The van der Waals surface area contributed by atoms with Gasteiger partial charge in [-0.1, -0.05) is 0 Å². The predicted molar refractivity (Wildman–Crippen MR) is 70.7 cm³/mol. The highest BCUT2D eigenvalue weighted by Gasteiger charge is 2.07. The normalized spacial score (nSPS) is 9.83. The molecule has 18 heavy (non-hydrogen) atoms. The number of rotatable bonds is 2. The second-order valence-electron chi connectivity index (χ2n) is 3.52. The lowest BCUT2D eigenvalue weighted by Crippen LogP contribution is -1.99. The number of hydrogen-bond acceptors (Lipinski definition) is 4. The number of benzene rings is 1. The van der Waals surface area contributed by atoms with Crippen LogP contribution in [0.4, 0.5) is 21.5 Å². The number of anilines is 3. The van der Waals surface area contributed by atoms with E-state index in [0.717, 1.165) is 0 Å². The van der Waals surface area contributed by atoms with Gasteiger partial charge in [0.2, 0.25) is 0 Å². The summed E-state index contributed by atoms with van der Waals surface area (Å²) in [6.07, 6.45) is 3.09. The molecule has 0 radical (unpaired) electrons. The van der Waals surface area contributed by atoms with Crippen LogP contribution < -0.4 is 11.1 Å². The minimum atomic E-state index is -0.551. The molecule has 0 aliphatic carbocycles. The fourth-order valence-electron chi connectivity index (χ4n) is 1.41. The van der Waals surface area contributed by atoms with E-state index in [4.69, 9.17) is 11.0 Å². The zero-order chi connectivity index (χ0) is 13.1. The largest absolute Gasteiger partial charge is 0.396 e. The van der Waals surface area contributed by atoms with E-state index < -0.39 is 5.82 Å². The molecule has 0 atom stereocenters. The molecule has 0 spiro atoms. The van der Waals surface area contributed by atoms with Crippen LogP contribution in [0.25, 0.3) is 0 Å². The number of halogens is 2. The van der Waals surface area contributed by atoms with Crippen molar-refractivity contribution in [1.82, 2.24) is 4.98 Å². The summed E-state index contributed by atoms with van der Waals surface area (Å²) in [7, 11) is 0. The molecule has 0 bridgehead atoms. The summed E-state index contributed by atoms with van der Waals surface area (Å²) in [5.74, 6) is -0.551. The number of nitriles is 1. The van der Waals surface area contributed by atoms with E-state index in [1.54, 1.807) is 12.3 Å². The minimum Gasteiger partial charge on any atom is -0.396 e. The number of hydrogen-bond donors (Lipinski definition) is 2. The van der Waals surface area contributed by atoms with Crippen LogP contribution in [-0.4, -0.2) is 4.98 Å². The Morgan fingerprint density at radius 1 is 1.39 bits per heavy atom. The molecule has 6 heteroatoms. The third kappa shape index (κ3) is 2.41. The smallest absolute Gasteiger partial charge is 0.141 e. The standard InChI is InChI=1S/C12H8BrFN4/c13-9-5-17-6-11(16)12(9)18-8-1-2-10(14)7(3-8)4-15/h1-3,5-6H,16H2,(H,17,18). The van der Waals surface area contributed by atoms with Gasteiger partial charge in [0.15, 0.2) is 0 Å². The van der Waals surface area contributed by atoms with E-state index >= 15 is 0 Å². The first-order chi connectivity index (χ1) is 8.61. The van der Waals surface area contributed by atoms with Gasteiger partial charge in [-0.2, -0.15) is 5.26 Å². The molecule has 1 aromatic heterocycles. The van der Waals surface area contributed by atoms with Crippen LogP contribution in [0.1, 0.15) is 5.56 Å². The number of nitrogen functional groups attached to an aromatic ring is 1. The van der Waals surface area contributed by atoms with Crippen molar-refractivity contribution in [1.29, 1.82) is 5.26 Å². The summed E-state index contributed by atoms with van der Waals surface area (Å²) >= 11 is 3.31. The lowest BCUT2D eigenvalue weighted by molar-refractivity contribution is 0.624. The molecule has 0 aliphatic heterocycles. The van der Waals surface area contributed by atoms with Gasteiger partial charge in [-0.05, 0) is 34.1 Å². The summed E-state index contributed by atoms with van der Waals surface area (Å²) < 4.78 is 13.9. The monoisotopic (exact) mass is 306 g/mol. The Kier molecular flexibility index (Phi) is 3.44. The van der Waals surface area contributed by atoms with E-state index in [0.29, 0.717) is 21.5 Å². The fraction of sp³-hybridized carbons (Fsp3) is 0. The third-order valence-electron chi connectivity index (χ3n) is 2.29. The second kappa shape index (κ2) is 5.02. The molecule has 3 N–H and O–H groups in total. The van der Waals surface area contributed by atoms with Crippen LogP contribution in [0, 0.1) is 17.1 Å². The molecule has 4 nitrogen and oxygen atoms in total. The molecule has 0 saturated heterocycles. The first-order valence-corrected chi connectivity index (χ1v) is 5.77. The van der Waals surface area contributed by atoms with E-state index in [9.17, 15) is 4.39 Å². The molecule has 0 saturated carbocycles. The average Bonchev–Trinajstić information content (AvgIpc) is 2.36. The third-order valence-corrected chi connectivity index (χ3v) is 2.89. The van der Waals surface area contributed by atoms with Gasteiger partial charge in [0.1, 0.15) is 11.9 Å². The Hall–Kier alpha value is -2.13. The summed E-state index contributed by atoms with van der Waals surface area (Å²) in [5, 5.41) is 11.8. The quantitative estimate of drug-likeness (QED) is 0.893. The molecule has 0 unspecified atom stereocenters. The van der Waals surface area contributed by atoms with Crippen LogP contribution >= 0.6 is 15.9 Å². The molecule has 2 aromatic rings. The Morgan fingerprint density at radius 2 is 2.17 bits per heavy atom. The Balaban J connectivity index is 2.38. The summed E-state index contributed by atoms with van der Waals surface area (Å²) in [5.41, 5.74) is 7.40. The van der Waals surface area contributed by atoms with Crippen LogP contribution in [0.15, 0.2) is 35.1 Å². The first kappa shape index (κ1) is 12.3. The zero-order valence-electron chi connectivity index (χ0n) is 9.11. The van der Waals surface area contributed by atoms with Gasteiger partial charge in [-0.25, -0.2) is 4.39 Å². The van der Waals surface area contributed by atoms with Crippen molar-refractivity contribution in [3.05, 3.63) is 46.4 Å². The van der Waals surface area contributed by atoms with Gasteiger partial charge >= 0.3 is 0 Å². The van der Waals surface area contributed by atoms with E-state index in [1.807, 2.05) is 0 Å². The number of aromatic nitrogens is 1. The zero-order valence-corrected chi connectivity index (χ0v) is 10.7. The van der Waals surface area contributed by atoms with E-state index in [2.05, 4.69) is 26.2 Å². The minimum absolute atomic E-state index is 0.0243. The van der Waals surface area contributed by atoms with E-state index in [-0.39, 0.29) is 5.56 Å². The van der Waals surface area contributed by atoms with Gasteiger partial charge in [0.25, 0.3) is 0 Å². The number of nitrogens with two attached hydrogens (primary N) is 1. The molecule has 0 amide bonds. The van der Waals surface area contributed by atoms with Crippen molar-refractivity contribution in [3.8, 4) is 6.07 Å². The summed E-state index contributed by atoms with van der Waals surface area (Å²) in [6.45, 7) is 0. The van der Waals surface area contributed by atoms with Crippen molar-refractivity contribution in [2.45, 2.75) is 0 Å². The Bertz CT molecular complexity index is 616. The Morgan fingerprint density at radius 3 is 2.83 bits per heavy atom. The van der Waals surface area contributed by atoms with Crippen molar-refractivity contribution >= 4 is 33.0 Å². The highest BCUT2D eigenvalue weighted by Crippen LogP contribution is 2.30. The number of pyridine rings is 1. The van der Waals surface area contributed by atoms with Crippen LogP contribution in [-0.2, 0) is 0 Å². The molecule has 2 rings (SSSR count). The summed E-state index contributed by atoms with van der Waals surface area (Å²) in [6, 6.07) is 5.96. The molecule has 0 fully saturated rings. The number of nitrogens with one attached hydrogen (secondary N) is 1. The van der Waals surface area contributed by atoms with E-state index in [1.165, 1.54) is 24.4 Å². The van der Waals surface area contributed by atoms with Crippen molar-refractivity contribution < 1.29 is 4.39 Å². The van der Waals surface area contributed by atoms with Gasteiger partial charge < -0.3 is 11.1 Å². The highest BCUT2D eigenvalue weighted by atomic mass is 79.9. The maximum absolute atomic E-state index is 13.2. The molecule has 90 valence electrons. The predicted octanol–water partition coefficient (Wildman–Crippen LogP) is 3.18. The highest BCUT2D eigenvalue weighted by molar-refractivity contribution is 9.10. The van der Waals surface area contributed by atoms with Crippen molar-refractivity contribution in [3.63, 3.8) is 0 Å². The van der Waals surface area contributed by atoms with Gasteiger partial charge in [0.05, 0.1) is 27.6 Å². The first-order valence-electron chi connectivity index (χ1n) is 4.97. The van der Waals surface area contributed by atoms with Crippen LogP contribution in [0.3, 0.4) is 0 Å². The molecule has 0 aliphatic rings. The van der Waals surface area contributed by atoms with Crippen molar-refractivity contribution in [2.24, 2.45) is 0 Å². The SMILES string of the molecule is N#Cc1cc(Nc2c(N)cncc2Br)ccc1F. The lowest BCUT2D eigenvalue weighted by Gasteiger charge is -2.11. The fourth-order valence-corrected chi connectivity index (χ4v) is 1.86. The molecular weight excluding hydrogens is 299 g/mol. The number of nitrogens with zero attached hydrogens (tertiary/aromatic N) is 2. The average molecular weight is 307 g/mol. The summed E-state index contributed by atoms with van der Waals surface area (Å²) in [4.78, 5) is 3.91. The maximum Gasteiger partial charge on any atom is 0.141 e. The van der Waals surface area contributed by atoms with Gasteiger partial charge in [-0.3, -0.25) is 4.98 Å². The lowest BCUT2D eigenvalue weighted by atomic mass is 10.2. The second-order valence-corrected chi connectivity index (χ2v) is 4.37. The van der Waals surface area contributed by atoms with Crippen molar-refractivity contribution in [2.75, 3.05) is 11.1 Å². The van der Waals surface area contributed by atoms with Gasteiger partial charge in [0, 0.05) is 11.9 Å². The topological polar surface area (TPSA) is 74.7 Å². The van der Waals surface area contributed by atoms with Gasteiger partial charge in [-0.15, -0.1) is 0 Å². The van der Waals surface area contributed by atoms with Crippen LogP contribution in [0.5, 0.6) is 0 Å². The molecule has 1 heterocycles. The molecular formula is C12H8BrFN4. The molecule has 1 aromatic carbocycles.